The van der Waals surface area contributed by atoms with Gasteiger partial charge in [0.25, 0.3) is 0 Å². The predicted octanol–water partition coefficient (Wildman–Crippen LogP) is 4.61. The Hall–Kier alpha value is -0.640. The quantitative estimate of drug-likeness (QED) is 0.881. The molecule has 1 atom stereocenters. The lowest BCUT2D eigenvalue weighted by Crippen LogP contribution is -2.29. The number of nitrogens with one attached hydrogen (secondary N) is 1. The molecule has 100 valence electrons. The molecule has 1 heterocycles. The Balaban J connectivity index is 1.96. The summed E-state index contributed by atoms with van der Waals surface area (Å²) in [4.78, 5) is 4.09. The Kier molecular flexibility index (Phi) is 4.60. The number of hydrogen-bond donors (Lipinski definition) is 1. The zero-order chi connectivity index (χ0) is 13.1. The van der Waals surface area contributed by atoms with Crippen molar-refractivity contribution >= 4 is 21.7 Å². The van der Waals surface area contributed by atoms with E-state index in [1.807, 2.05) is 0 Å². The van der Waals surface area contributed by atoms with Crippen molar-refractivity contribution in [3.63, 3.8) is 0 Å². The molecule has 1 saturated carbocycles. The van der Waals surface area contributed by atoms with Crippen LogP contribution in [-0.4, -0.2) is 11.0 Å². The Morgan fingerprint density at radius 3 is 2.67 bits per heavy atom. The van der Waals surface area contributed by atoms with Crippen LogP contribution in [0, 0.1) is 17.7 Å². The summed E-state index contributed by atoms with van der Waals surface area (Å²) in [5.74, 6) is 1.98. The van der Waals surface area contributed by atoms with Crippen LogP contribution in [0.25, 0.3) is 0 Å². The summed E-state index contributed by atoms with van der Waals surface area (Å²) >= 11 is 3.34. The zero-order valence-corrected chi connectivity index (χ0v) is 12.5. The highest BCUT2D eigenvalue weighted by Gasteiger charge is 2.23. The van der Waals surface area contributed by atoms with Crippen LogP contribution in [0.3, 0.4) is 0 Å². The van der Waals surface area contributed by atoms with Gasteiger partial charge in [0.05, 0.1) is 10.7 Å². The molecule has 0 saturated heterocycles. The largest absolute Gasteiger partial charge is 0.366 e. The first kappa shape index (κ1) is 13.8. The van der Waals surface area contributed by atoms with E-state index in [1.54, 1.807) is 0 Å². The minimum atomic E-state index is -0.313. The van der Waals surface area contributed by atoms with E-state index in [9.17, 15) is 4.39 Å². The molecule has 2 nitrogen and oxygen atoms in total. The fourth-order valence-electron chi connectivity index (χ4n) is 2.64. The van der Waals surface area contributed by atoms with Crippen LogP contribution in [0.5, 0.6) is 0 Å². The normalized spacial score (nSPS) is 25.8. The molecule has 2 rings (SSSR count). The molecule has 1 N–H and O–H groups in total. The van der Waals surface area contributed by atoms with E-state index in [0.717, 1.165) is 11.7 Å². The topological polar surface area (TPSA) is 24.9 Å². The van der Waals surface area contributed by atoms with E-state index in [2.05, 4.69) is 40.1 Å². The minimum Gasteiger partial charge on any atom is -0.366 e. The molecular weight excluding hydrogens is 295 g/mol. The summed E-state index contributed by atoms with van der Waals surface area (Å²) in [6.45, 7) is 4.52. The van der Waals surface area contributed by atoms with Crippen molar-refractivity contribution in [3.8, 4) is 0 Å². The molecule has 0 bridgehead atoms. The van der Waals surface area contributed by atoms with Gasteiger partial charge in [-0.3, -0.25) is 0 Å². The van der Waals surface area contributed by atoms with Crippen LogP contribution in [0.4, 0.5) is 10.2 Å². The molecule has 0 spiro atoms. The van der Waals surface area contributed by atoms with Crippen molar-refractivity contribution < 1.29 is 4.39 Å². The average molecular weight is 315 g/mol. The first-order valence-corrected chi connectivity index (χ1v) is 7.43. The zero-order valence-electron chi connectivity index (χ0n) is 10.9. The Labute approximate surface area is 117 Å². The second kappa shape index (κ2) is 6.00. The van der Waals surface area contributed by atoms with E-state index >= 15 is 0 Å². The SMILES string of the molecule is CC1CCC([C@@H](C)Nc2ncc(F)cc2Br)CC1. The van der Waals surface area contributed by atoms with Gasteiger partial charge in [-0.15, -0.1) is 0 Å². The number of pyridine rings is 1. The van der Waals surface area contributed by atoms with Gasteiger partial charge in [-0.2, -0.15) is 0 Å². The molecule has 0 unspecified atom stereocenters. The maximum absolute atomic E-state index is 13.0. The Bertz CT molecular complexity index is 403. The summed E-state index contributed by atoms with van der Waals surface area (Å²) in [6.07, 6.45) is 6.43. The van der Waals surface area contributed by atoms with Crippen molar-refractivity contribution in [2.24, 2.45) is 11.8 Å². The molecule has 0 aromatic carbocycles. The van der Waals surface area contributed by atoms with Crippen molar-refractivity contribution in [1.29, 1.82) is 0 Å². The van der Waals surface area contributed by atoms with Crippen LogP contribution in [-0.2, 0) is 0 Å². The highest BCUT2D eigenvalue weighted by molar-refractivity contribution is 9.10. The van der Waals surface area contributed by atoms with E-state index < -0.39 is 0 Å². The molecule has 0 radical (unpaired) electrons. The molecule has 1 fully saturated rings. The number of anilines is 1. The minimum absolute atomic E-state index is 0.313. The van der Waals surface area contributed by atoms with Gasteiger partial charge in [0.15, 0.2) is 0 Å². The van der Waals surface area contributed by atoms with Gasteiger partial charge in [-0.05, 0) is 53.6 Å². The van der Waals surface area contributed by atoms with E-state index in [4.69, 9.17) is 0 Å². The Morgan fingerprint density at radius 1 is 1.39 bits per heavy atom. The monoisotopic (exact) mass is 314 g/mol. The molecule has 0 aliphatic heterocycles. The molecule has 18 heavy (non-hydrogen) atoms. The lowest BCUT2D eigenvalue weighted by atomic mass is 9.80. The highest BCUT2D eigenvalue weighted by Crippen LogP contribution is 2.32. The van der Waals surface area contributed by atoms with Crippen molar-refractivity contribution in [2.45, 2.75) is 45.6 Å². The third-order valence-electron chi connectivity index (χ3n) is 3.94. The van der Waals surface area contributed by atoms with Gasteiger partial charge in [0, 0.05) is 6.04 Å². The van der Waals surface area contributed by atoms with Gasteiger partial charge in [0.2, 0.25) is 0 Å². The fraction of sp³-hybridized carbons (Fsp3) is 0.643. The number of hydrogen-bond acceptors (Lipinski definition) is 2. The first-order chi connectivity index (χ1) is 8.56. The van der Waals surface area contributed by atoms with Gasteiger partial charge < -0.3 is 5.32 Å². The van der Waals surface area contributed by atoms with Crippen LogP contribution >= 0.6 is 15.9 Å². The summed E-state index contributed by atoms with van der Waals surface area (Å²) in [6, 6.07) is 1.83. The van der Waals surface area contributed by atoms with E-state index in [1.165, 1.54) is 37.9 Å². The fourth-order valence-corrected chi connectivity index (χ4v) is 3.08. The number of rotatable bonds is 3. The lowest BCUT2D eigenvalue weighted by Gasteiger charge is -2.31. The molecule has 4 heteroatoms. The summed E-state index contributed by atoms with van der Waals surface area (Å²) in [7, 11) is 0. The lowest BCUT2D eigenvalue weighted by molar-refractivity contribution is 0.270. The molecular formula is C14H20BrFN2. The first-order valence-electron chi connectivity index (χ1n) is 6.64. The van der Waals surface area contributed by atoms with Crippen LogP contribution < -0.4 is 5.32 Å². The Morgan fingerprint density at radius 2 is 2.06 bits per heavy atom. The second-order valence-electron chi connectivity index (χ2n) is 5.44. The third-order valence-corrected chi connectivity index (χ3v) is 4.54. The maximum Gasteiger partial charge on any atom is 0.142 e. The summed E-state index contributed by atoms with van der Waals surface area (Å²) in [5, 5.41) is 3.40. The van der Waals surface area contributed by atoms with Crippen LogP contribution in [0.1, 0.15) is 39.5 Å². The molecule has 1 aromatic heterocycles. The van der Waals surface area contributed by atoms with Crippen molar-refractivity contribution in [3.05, 3.63) is 22.6 Å². The molecule has 1 aromatic rings. The average Bonchev–Trinajstić information content (AvgIpc) is 2.33. The number of halogens is 2. The molecule has 1 aliphatic rings. The van der Waals surface area contributed by atoms with Crippen molar-refractivity contribution in [2.75, 3.05) is 5.32 Å². The third kappa shape index (κ3) is 3.44. The number of nitrogens with zero attached hydrogens (tertiary/aromatic N) is 1. The van der Waals surface area contributed by atoms with E-state index in [0.29, 0.717) is 16.4 Å². The highest BCUT2D eigenvalue weighted by atomic mass is 79.9. The predicted molar refractivity (Wildman–Crippen MR) is 76.1 cm³/mol. The van der Waals surface area contributed by atoms with Gasteiger partial charge in [-0.1, -0.05) is 19.8 Å². The molecule has 0 amide bonds. The summed E-state index contributed by atoms with van der Waals surface area (Å²) in [5.41, 5.74) is 0. The van der Waals surface area contributed by atoms with Gasteiger partial charge in [0.1, 0.15) is 11.6 Å². The van der Waals surface area contributed by atoms with Gasteiger partial charge >= 0.3 is 0 Å². The van der Waals surface area contributed by atoms with Crippen LogP contribution in [0.15, 0.2) is 16.7 Å². The van der Waals surface area contributed by atoms with Crippen molar-refractivity contribution in [1.82, 2.24) is 4.98 Å². The van der Waals surface area contributed by atoms with E-state index in [-0.39, 0.29) is 5.82 Å². The maximum atomic E-state index is 13.0. The standard InChI is InChI=1S/C14H20BrFN2/c1-9-3-5-11(6-4-9)10(2)18-14-13(15)7-12(16)8-17-14/h7-11H,3-6H2,1-2H3,(H,17,18)/t9?,10-,11?/m1/s1. The van der Waals surface area contributed by atoms with Crippen LogP contribution in [0.2, 0.25) is 0 Å². The van der Waals surface area contributed by atoms with Gasteiger partial charge in [-0.25, -0.2) is 9.37 Å². The number of aromatic nitrogens is 1. The smallest absolute Gasteiger partial charge is 0.142 e. The molecule has 1 aliphatic carbocycles. The second-order valence-corrected chi connectivity index (χ2v) is 6.29. The summed E-state index contributed by atoms with van der Waals surface area (Å²) < 4.78 is 13.7.